The summed E-state index contributed by atoms with van der Waals surface area (Å²) in [5.74, 6) is 0.845. The fraction of sp³-hybridized carbons (Fsp3) is 1.00. The first kappa shape index (κ1) is 11.3. The number of piperazine rings is 1. The molecule has 2 nitrogen and oxygen atoms in total. The Labute approximate surface area is 92.2 Å². The van der Waals surface area contributed by atoms with E-state index in [9.17, 15) is 4.39 Å². The van der Waals surface area contributed by atoms with Crippen LogP contribution in [-0.2, 0) is 0 Å². The molecule has 0 radical (unpaired) electrons. The van der Waals surface area contributed by atoms with E-state index < -0.39 is 0 Å². The zero-order valence-electron chi connectivity index (χ0n) is 9.93. The monoisotopic (exact) mass is 214 g/mol. The first-order chi connectivity index (χ1) is 7.16. The van der Waals surface area contributed by atoms with Crippen LogP contribution < -0.4 is 5.32 Å². The number of nitrogens with one attached hydrogen (secondary N) is 1. The molecule has 0 aromatic heterocycles. The predicted molar refractivity (Wildman–Crippen MR) is 60.8 cm³/mol. The third kappa shape index (κ3) is 2.34. The fourth-order valence-corrected chi connectivity index (χ4v) is 2.80. The molecule has 2 aliphatic rings. The van der Waals surface area contributed by atoms with Crippen LogP contribution in [0.2, 0.25) is 0 Å². The SMILES string of the molecule is CC1CN(CCCF)C(C)(C2CC2)CN1. The van der Waals surface area contributed by atoms with Crippen LogP contribution in [0.3, 0.4) is 0 Å². The lowest BCUT2D eigenvalue weighted by atomic mass is 9.89. The number of hydrogen-bond acceptors (Lipinski definition) is 2. The second kappa shape index (κ2) is 4.38. The first-order valence-electron chi connectivity index (χ1n) is 6.21. The summed E-state index contributed by atoms with van der Waals surface area (Å²) in [6.07, 6.45) is 3.41. The molecule has 2 fully saturated rings. The molecule has 0 spiro atoms. The van der Waals surface area contributed by atoms with Crippen LogP contribution in [0.15, 0.2) is 0 Å². The van der Waals surface area contributed by atoms with E-state index in [1.54, 1.807) is 0 Å². The Bertz CT molecular complexity index is 218. The number of alkyl halides is 1. The van der Waals surface area contributed by atoms with Crippen LogP contribution in [0.25, 0.3) is 0 Å². The topological polar surface area (TPSA) is 15.3 Å². The molecule has 0 aromatic rings. The van der Waals surface area contributed by atoms with Gasteiger partial charge in [0.15, 0.2) is 0 Å². The summed E-state index contributed by atoms with van der Waals surface area (Å²) in [4.78, 5) is 2.52. The van der Waals surface area contributed by atoms with E-state index in [4.69, 9.17) is 0 Å². The largest absolute Gasteiger partial charge is 0.311 e. The Morgan fingerprint density at radius 2 is 2.20 bits per heavy atom. The summed E-state index contributed by atoms with van der Waals surface area (Å²) in [5, 5.41) is 3.56. The van der Waals surface area contributed by atoms with Crippen molar-refractivity contribution in [1.29, 1.82) is 0 Å². The van der Waals surface area contributed by atoms with Gasteiger partial charge in [-0.25, -0.2) is 0 Å². The Morgan fingerprint density at radius 1 is 1.47 bits per heavy atom. The summed E-state index contributed by atoms with van der Waals surface area (Å²) in [6.45, 7) is 7.46. The van der Waals surface area contributed by atoms with Gasteiger partial charge in [0.25, 0.3) is 0 Å². The highest BCUT2D eigenvalue weighted by Gasteiger charge is 2.47. The molecule has 2 rings (SSSR count). The van der Waals surface area contributed by atoms with E-state index >= 15 is 0 Å². The molecule has 1 aliphatic carbocycles. The van der Waals surface area contributed by atoms with Crippen LogP contribution >= 0.6 is 0 Å². The van der Waals surface area contributed by atoms with Crippen LogP contribution in [0.1, 0.15) is 33.1 Å². The van der Waals surface area contributed by atoms with Gasteiger partial charge in [-0.15, -0.1) is 0 Å². The third-order valence-electron chi connectivity index (χ3n) is 4.04. The van der Waals surface area contributed by atoms with Crippen LogP contribution in [-0.4, -0.2) is 42.8 Å². The standard InChI is InChI=1S/C12H23FN2/c1-10-8-15(7-3-6-13)12(2,9-14-10)11-4-5-11/h10-11,14H,3-9H2,1-2H3. The predicted octanol–water partition coefficient (Wildman–Crippen LogP) is 1.81. The molecule has 3 heteroatoms. The van der Waals surface area contributed by atoms with Crippen molar-refractivity contribution < 1.29 is 4.39 Å². The zero-order chi connectivity index (χ0) is 10.9. The molecule has 1 aliphatic heterocycles. The van der Waals surface area contributed by atoms with E-state index in [-0.39, 0.29) is 6.67 Å². The maximum absolute atomic E-state index is 12.3. The summed E-state index contributed by atoms with van der Waals surface area (Å²) < 4.78 is 12.3. The van der Waals surface area contributed by atoms with Gasteiger partial charge in [-0.2, -0.15) is 0 Å². The summed E-state index contributed by atoms with van der Waals surface area (Å²) in [7, 11) is 0. The van der Waals surface area contributed by atoms with Gasteiger partial charge in [0, 0.05) is 31.2 Å². The van der Waals surface area contributed by atoms with E-state index in [0.717, 1.165) is 25.6 Å². The van der Waals surface area contributed by atoms with Crippen LogP contribution in [0.5, 0.6) is 0 Å². The highest BCUT2D eigenvalue weighted by molar-refractivity contribution is 5.04. The van der Waals surface area contributed by atoms with E-state index in [1.807, 2.05) is 0 Å². The van der Waals surface area contributed by atoms with Gasteiger partial charge in [-0.1, -0.05) is 0 Å². The van der Waals surface area contributed by atoms with Crippen molar-refractivity contribution in [2.75, 3.05) is 26.3 Å². The molecule has 2 atom stereocenters. The Hall–Kier alpha value is -0.150. The number of nitrogens with zero attached hydrogens (tertiary/aromatic N) is 1. The normalized spacial score (nSPS) is 38.2. The zero-order valence-corrected chi connectivity index (χ0v) is 9.93. The lowest BCUT2D eigenvalue weighted by molar-refractivity contribution is 0.0360. The highest BCUT2D eigenvalue weighted by Crippen LogP contribution is 2.43. The van der Waals surface area contributed by atoms with Crippen LogP contribution in [0.4, 0.5) is 4.39 Å². The molecule has 88 valence electrons. The average Bonchev–Trinajstić information content (AvgIpc) is 3.03. The fourth-order valence-electron chi connectivity index (χ4n) is 2.80. The van der Waals surface area contributed by atoms with Crippen molar-refractivity contribution >= 4 is 0 Å². The van der Waals surface area contributed by atoms with E-state index in [2.05, 4.69) is 24.1 Å². The van der Waals surface area contributed by atoms with Gasteiger partial charge in [-0.05, 0) is 39.0 Å². The molecule has 0 aromatic carbocycles. The maximum Gasteiger partial charge on any atom is 0.0906 e. The first-order valence-corrected chi connectivity index (χ1v) is 6.21. The minimum atomic E-state index is -0.181. The molecule has 1 heterocycles. The van der Waals surface area contributed by atoms with Gasteiger partial charge < -0.3 is 5.32 Å². The van der Waals surface area contributed by atoms with Crippen molar-refractivity contribution in [3.05, 3.63) is 0 Å². The molecule has 15 heavy (non-hydrogen) atoms. The van der Waals surface area contributed by atoms with Gasteiger partial charge in [0.05, 0.1) is 6.67 Å². The van der Waals surface area contributed by atoms with Crippen molar-refractivity contribution in [3.63, 3.8) is 0 Å². The van der Waals surface area contributed by atoms with Crippen molar-refractivity contribution in [3.8, 4) is 0 Å². The number of hydrogen-bond donors (Lipinski definition) is 1. The Morgan fingerprint density at radius 3 is 2.80 bits per heavy atom. The lowest BCUT2D eigenvalue weighted by Gasteiger charge is -2.48. The smallest absolute Gasteiger partial charge is 0.0906 e. The molecular weight excluding hydrogens is 191 g/mol. The molecule has 1 saturated heterocycles. The van der Waals surface area contributed by atoms with Gasteiger partial charge in [-0.3, -0.25) is 9.29 Å². The molecule has 1 saturated carbocycles. The maximum atomic E-state index is 12.3. The number of rotatable bonds is 4. The molecule has 0 amide bonds. The third-order valence-corrected chi connectivity index (χ3v) is 4.04. The summed E-state index contributed by atoms with van der Waals surface area (Å²) in [6, 6.07) is 0.552. The Kier molecular flexibility index (Phi) is 3.31. The Balaban J connectivity index is 1.99. The number of halogens is 1. The van der Waals surface area contributed by atoms with Crippen molar-refractivity contribution in [1.82, 2.24) is 10.2 Å². The molecule has 0 bridgehead atoms. The second-order valence-electron chi connectivity index (χ2n) is 5.40. The lowest BCUT2D eigenvalue weighted by Crippen LogP contribution is -2.63. The highest BCUT2D eigenvalue weighted by atomic mass is 19.1. The molecule has 1 N–H and O–H groups in total. The minimum absolute atomic E-state index is 0.181. The van der Waals surface area contributed by atoms with E-state index in [1.165, 1.54) is 12.8 Å². The van der Waals surface area contributed by atoms with Crippen LogP contribution in [0, 0.1) is 5.92 Å². The average molecular weight is 214 g/mol. The molecular formula is C12H23FN2. The van der Waals surface area contributed by atoms with Gasteiger partial charge in [0.2, 0.25) is 0 Å². The van der Waals surface area contributed by atoms with Crippen molar-refractivity contribution in [2.24, 2.45) is 5.92 Å². The van der Waals surface area contributed by atoms with Gasteiger partial charge >= 0.3 is 0 Å². The summed E-state index contributed by atoms with van der Waals surface area (Å²) >= 11 is 0. The quantitative estimate of drug-likeness (QED) is 0.768. The summed E-state index contributed by atoms with van der Waals surface area (Å²) in [5.41, 5.74) is 0.293. The van der Waals surface area contributed by atoms with Gasteiger partial charge in [0.1, 0.15) is 0 Å². The minimum Gasteiger partial charge on any atom is -0.311 e. The second-order valence-corrected chi connectivity index (χ2v) is 5.40. The van der Waals surface area contributed by atoms with Crippen molar-refractivity contribution in [2.45, 2.75) is 44.7 Å². The molecule has 2 unspecified atom stereocenters. The van der Waals surface area contributed by atoms with E-state index in [0.29, 0.717) is 18.0 Å².